The van der Waals surface area contributed by atoms with E-state index in [1.807, 2.05) is 24.3 Å². The molecule has 1 fully saturated rings. The Labute approximate surface area is 134 Å². The number of nitrogens with zero attached hydrogens (tertiary/aromatic N) is 1. The van der Waals surface area contributed by atoms with E-state index in [0.717, 1.165) is 18.8 Å². The smallest absolute Gasteiger partial charge is 0.257 e. The van der Waals surface area contributed by atoms with Crippen LogP contribution in [-0.4, -0.2) is 19.0 Å². The van der Waals surface area contributed by atoms with E-state index in [1.54, 1.807) is 18.2 Å². The molecule has 4 nitrogen and oxygen atoms in total. The molecule has 0 saturated carbocycles. The van der Waals surface area contributed by atoms with E-state index in [2.05, 4.69) is 10.2 Å². The lowest BCUT2D eigenvalue weighted by atomic mass is 10.2. The van der Waals surface area contributed by atoms with Gasteiger partial charge in [-0.2, -0.15) is 0 Å². The average molecular weight is 316 g/mol. The van der Waals surface area contributed by atoms with Crippen LogP contribution in [0.5, 0.6) is 0 Å². The van der Waals surface area contributed by atoms with Crippen molar-refractivity contribution in [1.29, 1.82) is 0 Å². The number of halogens is 1. The number of hydrogen-bond donors (Lipinski definition) is 2. The Bertz CT molecular complexity index is 679. The van der Waals surface area contributed by atoms with Gasteiger partial charge in [-0.05, 0) is 55.3 Å². The van der Waals surface area contributed by atoms with E-state index in [0.29, 0.717) is 16.3 Å². The number of carbonyl (C=O) groups is 1. The van der Waals surface area contributed by atoms with Crippen LogP contribution >= 0.6 is 11.6 Å². The summed E-state index contributed by atoms with van der Waals surface area (Å²) < 4.78 is 0. The normalized spacial score (nSPS) is 14.1. The monoisotopic (exact) mass is 315 g/mol. The van der Waals surface area contributed by atoms with Crippen molar-refractivity contribution in [2.75, 3.05) is 29.0 Å². The number of nitrogens with one attached hydrogen (secondary N) is 1. The second-order valence-corrected chi connectivity index (χ2v) is 5.84. The van der Waals surface area contributed by atoms with E-state index in [1.165, 1.54) is 18.5 Å². The number of rotatable bonds is 3. The fourth-order valence-electron chi connectivity index (χ4n) is 2.65. The summed E-state index contributed by atoms with van der Waals surface area (Å²) in [5.74, 6) is -0.258. The van der Waals surface area contributed by atoms with Crippen molar-refractivity contribution in [2.24, 2.45) is 0 Å². The first-order valence-corrected chi connectivity index (χ1v) is 7.73. The minimum Gasteiger partial charge on any atom is -0.399 e. The Morgan fingerprint density at radius 2 is 1.77 bits per heavy atom. The predicted octanol–water partition coefficient (Wildman–Crippen LogP) is 3.77. The maximum absolute atomic E-state index is 12.3. The number of hydrogen-bond acceptors (Lipinski definition) is 3. The maximum Gasteiger partial charge on any atom is 0.257 e. The highest BCUT2D eigenvalue weighted by atomic mass is 35.5. The molecular weight excluding hydrogens is 298 g/mol. The van der Waals surface area contributed by atoms with Crippen molar-refractivity contribution in [1.82, 2.24) is 0 Å². The van der Waals surface area contributed by atoms with E-state index < -0.39 is 0 Å². The van der Waals surface area contributed by atoms with E-state index in [-0.39, 0.29) is 5.91 Å². The summed E-state index contributed by atoms with van der Waals surface area (Å²) in [6, 6.07) is 12.8. The third-order valence-corrected chi connectivity index (χ3v) is 4.16. The second kappa shape index (κ2) is 6.28. The molecule has 1 aliphatic rings. The molecule has 1 saturated heterocycles. The largest absolute Gasteiger partial charge is 0.399 e. The molecule has 2 aromatic rings. The molecular formula is C17H18ClN3O. The van der Waals surface area contributed by atoms with Crippen LogP contribution < -0.4 is 16.0 Å². The van der Waals surface area contributed by atoms with Gasteiger partial charge in [0.25, 0.3) is 5.91 Å². The molecule has 3 rings (SSSR count). The first kappa shape index (κ1) is 14.7. The van der Waals surface area contributed by atoms with Gasteiger partial charge in [0.15, 0.2) is 0 Å². The van der Waals surface area contributed by atoms with Crippen molar-refractivity contribution in [3.63, 3.8) is 0 Å². The Balaban J connectivity index is 1.72. The molecule has 114 valence electrons. The number of benzene rings is 2. The number of carbonyl (C=O) groups excluding carboxylic acids is 1. The second-order valence-electron chi connectivity index (χ2n) is 5.43. The number of nitrogen functional groups attached to an aromatic ring is 1. The minimum atomic E-state index is -0.258. The first-order valence-electron chi connectivity index (χ1n) is 7.35. The molecule has 0 radical (unpaired) electrons. The van der Waals surface area contributed by atoms with Gasteiger partial charge in [-0.15, -0.1) is 0 Å². The maximum atomic E-state index is 12.3. The topological polar surface area (TPSA) is 58.4 Å². The van der Waals surface area contributed by atoms with Gasteiger partial charge >= 0.3 is 0 Å². The first-order chi connectivity index (χ1) is 10.6. The molecule has 2 aromatic carbocycles. The van der Waals surface area contributed by atoms with Crippen LogP contribution in [0, 0.1) is 0 Å². The molecule has 0 spiro atoms. The van der Waals surface area contributed by atoms with Crippen molar-refractivity contribution < 1.29 is 4.79 Å². The van der Waals surface area contributed by atoms with Gasteiger partial charge in [0, 0.05) is 30.2 Å². The van der Waals surface area contributed by atoms with Crippen molar-refractivity contribution in [3.8, 4) is 0 Å². The van der Waals surface area contributed by atoms with E-state index >= 15 is 0 Å². The van der Waals surface area contributed by atoms with Crippen molar-refractivity contribution in [2.45, 2.75) is 12.8 Å². The molecule has 0 aliphatic carbocycles. The minimum absolute atomic E-state index is 0.258. The van der Waals surface area contributed by atoms with Crippen LogP contribution in [0.25, 0.3) is 0 Å². The third-order valence-electron chi connectivity index (χ3n) is 3.83. The number of nitrogens with two attached hydrogens (primary N) is 1. The highest BCUT2D eigenvalue weighted by molar-refractivity contribution is 6.34. The van der Waals surface area contributed by atoms with Crippen molar-refractivity contribution in [3.05, 3.63) is 53.1 Å². The number of amides is 1. The van der Waals surface area contributed by atoms with Crippen LogP contribution in [-0.2, 0) is 0 Å². The lowest BCUT2D eigenvalue weighted by Gasteiger charge is -2.17. The third kappa shape index (κ3) is 3.17. The van der Waals surface area contributed by atoms with Gasteiger partial charge in [0.05, 0.1) is 10.6 Å². The molecule has 1 amide bonds. The van der Waals surface area contributed by atoms with Crippen molar-refractivity contribution >= 4 is 34.6 Å². The van der Waals surface area contributed by atoms with E-state index in [9.17, 15) is 4.79 Å². The quantitative estimate of drug-likeness (QED) is 0.848. The average Bonchev–Trinajstić information content (AvgIpc) is 3.05. The van der Waals surface area contributed by atoms with Crippen LogP contribution in [0.1, 0.15) is 23.2 Å². The molecule has 0 atom stereocenters. The van der Waals surface area contributed by atoms with Gasteiger partial charge in [-0.25, -0.2) is 0 Å². The highest BCUT2D eigenvalue weighted by Crippen LogP contribution is 2.24. The van der Waals surface area contributed by atoms with Gasteiger partial charge < -0.3 is 16.0 Å². The zero-order valence-electron chi connectivity index (χ0n) is 12.2. The highest BCUT2D eigenvalue weighted by Gasteiger charge is 2.13. The lowest BCUT2D eigenvalue weighted by molar-refractivity contribution is 0.102. The summed E-state index contributed by atoms with van der Waals surface area (Å²) in [4.78, 5) is 14.6. The van der Waals surface area contributed by atoms with E-state index in [4.69, 9.17) is 17.3 Å². The Kier molecular flexibility index (Phi) is 4.20. The Morgan fingerprint density at radius 1 is 1.09 bits per heavy atom. The molecule has 1 heterocycles. The molecule has 5 heteroatoms. The summed E-state index contributed by atoms with van der Waals surface area (Å²) in [5.41, 5.74) is 8.53. The standard InChI is InChI=1S/C17H18ClN3O/c18-16-8-3-12(19)11-15(16)17(22)20-13-4-6-14(7-5-13)21-9-1-2-10-21/h3-8,11H,1-2,9-10,19H2,(H,20,22). The lowest BCUT2D eigenvalue weighted by Crippen LogP contribution is -2.17. The van der Waals surface area contributed by atoms with Crippen LogP contribution in [0.4, 0.5) is 17.1 Å². The SMILES string of the molecule is Nc1ccc(Cl)c(C(=O)Nc2ccc(N3CCCC3)cc2)c1. The van der Waals surface area contributed by atoms with Gasteiger partial charge in [0.1, 0.15) is 0 Å². The van der Waals surface area contributed by atoms with Gasteiger partial charge in [0.2, 0.25) is 0 Å². The number of anilines is 3. The van der Waals surface area contributed by atoms with Crippen LogP contribution in [0.3, 0.4) is 0 Å². The Morgan fingerprint density at radius 3 is 2.45 bits per heavy atom. The zero-order valence-corrected chi connectivity index (χ0v) is 12.9. The van der Waals surface area contributed by atoms with Gasteiger partial charge in [-0.3, -0.25) is 4.79 Å². The molecule has 3 N–H and O–H groups in total. The summed E-state index contributed by atoms with van der Waals surface area (Å²) >= 11 is 6.05. The molecule has 1 aliphatic heterocycles. The predicted molar refractivity (Wildman–Crippen MR) is 91.7 cm³/mol. The summed E-state index contributed by atoms with van der Waals surface area (Å²) in [7, 11) is 0. The summed E-state index contributed by atoms with van der Waals surface area (Å²) in [5, 5.41) is 3.24. The molecule has 0 unspecified atom stereocenters. The van der Waals surface area contributed by atoms with Gasteiger partial charge in [-0.1, -0.05) is 11.6 Å². The summed E-state index contributed by atoms with van der Waals surface area (Å²) in [6.07, 6.45) is 2.48. The molecule has 0 aromatic heterocycles. The summed E-state index contributed by atoms with van der Waals surface area (Å²) in [6.45, 7) is 2.20. The fourth-order valence-corrected chi connectivity index (χ4v) is 2.85. The Hall–Kier alpha value is -2.20. The molecule has 22 heavy (non-hydrogen) atoms. The zero-order chi connectivity index (χ0) is 15.5. The fraction of sp³-hybridized carbons (Fsp3) is 0.235. The van der Waals surface area contributed by atoms with Crippen LogP contribution in [0.2, 0.25) is 5.02 Å². The van der Waals surface area contributed by atoms with Crippen LogP contribution in [0.15, 0.2) is 42.5 Å². The molecule has 0 bridgehead atoms.